The minimum absolute atomic E-state index is 0.0636. The lowest BCUT2D eigenvalue weighted by Crippen LogP contribution is -2.13. The molecule has 2 aromatic rings. The van der Waals surface area contributed by atoms with Crippen LogP contribution >= 0.6 is 15.9 Å². The molecule has 0 aliphatic carbocycles. The number of benzene rings is 2. The molecule has 0 aromatic heterocycles. The van der Waals surface area contributed by atoms with Gasteiger partial charge in [-0.1, -0.05) is 45.8 Å². The van der Waals surface area contributed by atoms with Crippen LogP contribution in [0, 0.1) is 18.3 Å². The lowest BCUT2D eigenvalue weighted by atomic mass is 10.1. The van der Waals surface area contributed by atoms with Gasteiger partial charge in [-0.2, -0.15) is 5.26 Å². The van der Waals surface area contributed by atoms with E-state index in [1.807, 2.05) is 49.4 Å². The number of carbonyl (C=O) groups excluding carboxylic acids is 1. The quantitative estimate of drug-likeness (QED) is 0.668. The Morgan fingerprint density at radius 3 is 2.57 bits per heavy atom. The maximum atomic E-state index is 12.1. The third-order valence-electron chi connectivity index (χ3n) is 2.83. The normalized spacial score (nSPS) is 10.8. The zero-order valence-electron chi connectivity index (χ0n) is 11.4. The summed E-state index contributed by atoms with van der Waals surface area (Å²) >= 11 is 3.36. The van der Waals surface area contributed by atoms with Gasteiger partial charge in [0.05, 0.1) is 0 Å². The number of nitrogens with one attached hydrogen (secondary N) is 1. The van der Waals surface area contributed by atoms with Crippen LogP contribution in [0.2, 0.25) is 0 Å². The molecule has 0 saturated heterocycles. The Labute approximate surface area is 132 Å². The summed E-state index contributed by atoms with van der Waals surface area (Å²) in [7, 11) is 0. The summed E-state index contributed by atoms with van der Waals surface area (Å²) in [5.41, 5.74) is 2.63. The summed E-state index contributed by atoms with van der Waals surface area (Å²) in [4.78, 5) is 12.1. The highest BCUT2D eigenvalue weighted by molar-refractivity contribution is 9.10. The maximum absolute atomic E-state index is 12.1. The predicted molar refractivity (Wildman–Crippen MR) is 87.5 cm³/mol. The molecule has 0 aliphatic rings. The number of nitriles is 1. The fraction of sp³-hybridized carbons (Fsp3) is 0.0588. The Kier molecular flexibility index (Phi) is 4.91. The van der Waals surface area contributed by atoms with Crippen LogP contribution in [-0.4, -0.2) is 5.91 Å². The number of amides is 1. The smallest absolute Gasteiger partial charge is 0.266 e. The van der Waals surface area contributed by atoms with Crippen molar-refractivity contribution in [3.63, 3.8) is 0 Å². The first-order valence-electron chi connectivity index (χ1n) is 6.34. The molecule has 104 valence electrons. The van der Waals surface area contributed by atoms with Gasteiger partial charge in [0.2, 0.25) is 0 Å². The van der Waals surface area contributed by atoms with E-state index in [0.29, 0.717) is 5.69 Å². The first kappa shape index (κ1) is 15.0. The van der Waals surface area contributed by atoms with E-state index in [4.69, 9.17) is 5.26 Å². The molecule has 0 heterocycles. The Morgan fingerprint density at radius 2 is 1.95 bits per heavy atom. The highest BCUT2D eigenvalue weighted by Gasteiger charge is 2.09. The first-order chi connectivity index (χ1) is 10.1. The van der Waals surface area contributed by atoms with E-state index in [1.54, 1.807) is 18.2 Å². The molecule has 2 rings (SSSR count). The van der Waals surface area contributed by atoms with Gasteiger partial charge in [0, 0.05) is 10.2 Å². The molecule has 0 fully saturated rings. The van der Waals surface area contributed by atoms with Crippen LogP contribution in [0.4, 0.5) is 5.69 Å². The Bertz CT molecular complexity index is 727. The lowest BCUT2D eigenvalue weighted by molar-refractivity contribution is -0.112. The number of nitrogens with zero attached hydrogens (tertiary/aromatic N) is 1. The molecule has 3 nitrogen and oxygen atoms in total. The van der Waals surface area contributed by atoms with Crippen LogP contribution in [-0.2, 0) is 4.79 Å². The molecule has 0 radical (unpaired) electrons. The topological polar surface area (TPSA) is 52.9 Å². The summed E-state index contributed by atoms with van der Waals surface area (Å²) in [6, 6.07) is 16.8. The number of aryl methyl sites for hydroxylation is 1. The maximum Gasteiger partial charge on any atom is 0.266 e. The van der Waals surface area contributed by atoms with Gasteiger partial charge in [-0.15, -0.1) is 0 Å². The standard InChI is InChI=1S/C17H13BrN2O/c1-12-5-7-16(8-6-12)20-17(21)14(11-19)9-13-3-2-4-15(18)10-13/h2-10H,1H3,(H,20,21)/b14-9+. The highest BCUT2D eigenvalue weighted by atomic mass is 79.9. The Morgan fingerprint density at radius 1 is 1.24 bits per heavy atom. The monoisotopic (exact) mass is 340 g/mol. The van der Waals surface area contributed by atoms with Crippen molar-refractivity contribution in [1.29, 1.82) is 5.26 Å². The fourth-order valence-corrected chi connectivity index (χ4v) is 2.16. The van der Waals surface area contributed by atoms with Crippen molar-refractivity contribution < 1.29 is 4.79 Å². The van der Waals surface area contributed by atoms with Gasteiger partial charge < -0.3 is 5.32 Å². The third-order valence-corrected chi connectivity index (χ3v) is 3.33. The number of hydrogen-bond acceptors (Lipinski definition) is 2. The molecule has 21 heavy (non-hydrogen) atoms. The Hall–Kier alpha value is -2.38. The van der Waals surface area contributed by atoms with Crippen LogP contribution in [0.15, 0.2) is 58.6 Å². The summed E-state index contributed by atoms with van der Waals surface area (Å²) in [6.07, 6.45) is 1.56. The molecule has 0 spiro atoms. The van der Waals surface area contributed by atoms with E-state index in [9.17, 15) is 4.79 Å². The van der Waals surface area contributed by atoms with Gasteiger partial charge in [-0.25, -0.2) is 0 Å². The van der Waals surface area contributed by atoms with Crippen molar-refractivity contribution in [3.05, 3.63) is 69.7 Å². The molecular formula is C17H13BrN2O. The molecule has 0 bridgehead atoms. The average molecular weight is 341 g/mol. The molecule has 1 amide bonds. The van der Waals surface area contributed by atoms with E-state index >= 15 is 0 Å². The first-order valence-corrected chi connectivity index (χ1v) is 7.13. The lowest BCUT2D eigenvalue weighted by Gasteiger charge is -2.04. The van der Waals surface area contributed by atoms with Crippen LogP contribution in [0.25, 0.3) is 6.08 Å². The number of anilines is 1. The van der Waals surface area contributed by atoms with Crippen molar-refractivity contribution in [3.8, 4) is 6.07 Å². The van der Waals surface area contributed by atoms with E-state index in [0.717, 1.165) is 15.6 Å². The van der Waals surface area contributed by atoms with Gasteiger partial charge in [0.25, 0.3) is 5.91 Å². The van der Waals surface area contributed by atoms with Gasteiger partial charge >= 0.3 is 0 Å². The van der Waals surface area contributed by atoms with Gasteiger partial charge in [0.15, 0.2) is 0 Å². The third kappa shape index (κ3) is 4.30. The zero-order chi connectivity index (χ0) is 15.2. The number of hydrogen-bond donors (Lipinski definition) is 1. The second-order valence-corrected chi connectivity index (χ2v) is 5.46. The van der Waals surface area contributed by atoms with Crippen LogP contribution in [0.1, 0.15) is 11.1 Å². The van der Waals surface area contributed by atoms with Crippen molar-refractivity contribution in [2.24, 2.45) is 0 Å². The van der Waals surface area contributed by atoms with E-state index in [2.05, 4.69) is 21.2 Å². The average Bonchev–Trinajstić information content (AvgIpc) is 2.47. The zero-order valence-corrected chi connectivity index (χ0v) is 13.0. The van der Waals surface area contributed by atoms with Crippen LogP contribution in [0.3, 0.4) is 0 Å². The van der Waals surface area contributed by atoms with Crippen molar-refractivity contribution in [1.82, 2.24) is 0 Å². The molecule has 4 heteroatoms. The summed E-state index contributed by atoms with van der Waals surface area (Å²) in [6.45, 7) is 1.97. The van der Waals surface area contributed by atoms with Gasteiger partial charge in [-0.05, 0) is 42.8 Å². The van der Waals surface area contributed by atoms with Crippen molar-refractivity contribution >= 4 is 33.6 Å². The second-order valence-electron chi connectivity index (χ2n) is 4.54. The Balaban J connectivity index is 2.19. The van der Waals surface area contributed by atoms with Crippen LogP contribution < -0.4 is 5.32 Å². The molecule has 1 N–H and O–H groups in total. The molecule has 0 unspecified atom stereocenters. The number of halogens is 1. The molecular weight excluding hydrogens is 328 g/mol. The molecule has 2 aromatic carbocycles. The predicted octanol–water partition coefficient (Wildman–Crippen LogP) is 4.30. The molecule has 0 atom stereocenters. The second kappa shape index (κ2) is 6.87. The minimum atomic E-state index is -0.415. The minimum Gasteiger partial charge on any atom is -0.321 e. The fourth-order valence-electron chi connectivity index (χ4n) is 1.75. The van der Waals surface area contributed by atoms with E-state index in [-0.39, 0.29) is 5.57 Å². The van der Waals surface area contributed by atoms with E-state index < -0.39 is 5.91 Å². The summed E-state index contributed by atoms with van der Waals surface area (Å²) in [5, 5.41) is 11.9. The molecule has 0 saturated carbocycles. The molecule has 0 aliphatic heterocycles. The van der Waals surface area contributed by atoms with Gasteiger partial charge in [-0.3, -0.25) is 4.79 Å². The van der Waals surface area contributed by atoms with Crippen LogP contribution in [0.5, 0.6) is 0 Å². The van der Waals surface area contributed by atoms with Gasteiger partial charge in [0.1, 0.15) is 11.6 Å². The number of rotatable bonds is 3. The highest BCUT2D eigenvalue weighted by Crippen LogP contribution is 2.15. The van der Waals surface area contributed by atoms with Crippen molar-refractivity contribution in [2.45, 2.75) is 6.92 Å². The SMILES string of the molecule is Cc1ccc(NC(=O)/C(C#N)=C/c2cccc(Br)c2)cc1. The van der Waals surface area contributed by atoms with Crippen molar-refractivity contribution in [2.75, 3.05) is 5.32 Å². The largest absolute Gasteiger partial charge is 0.321 e. The number of carbonyl (C=O) groups is 1. The van der Waals surface area contributed by atoms with E-state index in [1.165, 1.54) is 0 Å². The summed E-state index contributed by atoms with van der Waals surface area (Å²) < 4.78 is 0.896. The summed E-state index contributed by atoms with van der Waals surface area (Å²) in [5.74, 6) is -0.415.